The predicted molar refractivity (Wildman–Crippen MR) is 86.8 cm³/mol. The fourth-order valence-corrected chi connectivity index (χ4v) is 2.59. The molecule has 1 aromatic heterocycles. The van der Waals surface area contributed by atoms with Gasteiger partial charge >= 0.3 is 0 Å². The zero-order valence-corrected chi connectivity index (χ0v) is 13.6. The van der Waals surface area contributed by atoms with Gasteiger partial charge < -0.3 is 5.32 Å². The van der Waals surface area contributed by atoms with Gasteiger partial charge in [-0.05, 0) is 30.7 Å². The fourth-order valence-electron chi connectivity index (χ4n) is 2.59. The van der Waals surface area contributed by atoms with Crippen molar-refractivity contribution in [3.05, 3.63) is 41.5 Å². The SMILES string of the molecule is CCNC(CC)c1cccc(-n2nc(CC)nc2CC)c1. The molecule has 2 rings (SSSR count). The molecule has 0 saturated carbocycles. The summed E-state index contributed by atoms with van der Waals surface area (Å²) in [4.78, 5) is 4.59. The highest BCUT2D eigenvalue weighted by Crippen LogP contribution is 2.20. The quantitative estimate of drug-likeness (QED) is 0.847. The van der Waals surface area contributed by atoms with Crippen molar-refractivity contribution in [2.75, 3.05) is 6.54 Å². The molecule has 0 aliphatic heterocycles. The molecule has 1 N–H and O–H groups in total. The lowest BCUT2D eigenvalue weighted by Crippen LogP contribution is -2.20. The Balaban J connectivity index is 2.38. The number of nitrogens with one attached hydrogen (secondary N) is 1. The smallest absolute Gasteiger partial charge is 0.151 e. The highest BCUT2D eigenvalue weighted by atomic mass is 15.3. The Hall–Kier alpha value is -1.68. The second-order valence-corrected chi connectivity index (χ2v) is 5.18. The van der Waals surface area contributed by atoms with Crippen molar-refractivity contribution in [1.82, 2.24) is 20.1 Å². The van der Waals surface area contributed by atoms with E-state index in [0.29, 0.717) is 6.04 Å². The lowest BCUT2D eigenvalue weighted by Gasteiger charge is -2.17. The van der Waals surface area contributed by atoms with Crippen molar-refractivity contribution in [1.29, 1.82) is 0 Å². The van der Waals surface area contributed by atoms with Crippen molar-refractivity contribution in [2.45, 2.75) is 53.0 Å². The van der Waals surface area contributed by atoms with Crippen LogP contribution in [0.25, 0.3) is 5.69 Å². The van der Waals surface area contributed by atoms with Crippen LogP contribution < -0.4 is 5.32 Å². The van der Waals surface area contributed by atoms with Gasteiger partial charge in [-0.15, -0.1) is 0 Å². The monoisotopic (exact) mass is 286 g/mol. The second kappa shape index (κ2) is 7.36. The molecule has 2 aromatic rings. The van der Waals surface area contributed by atoms with Crippen LogP contribution in [0, 0.1) is 0 Å². The molecular weight excluding hydrogens is 260 g/mol. The van der Waals surface area contributed by atoms with E-state index < -0.39 is 0 Å². The minimum atomic E-state index is 0.397. The summed E-state index contributed by atoms with van der Waals surface area (Å²) in [6.07, 6.45) is 2.84. The lowest BCUT2D eigenvalue weighted by molar-refractivity contribution is 0.537. The van der Waals surface area contributed by atoms with Crippen LogP contribution in [-0.2, 0) is 12.8 Å². The van der Waals surface area contributed by atoms with Gasteiger partial charge in [-0.2, -0.15) is 5.10 Å². The molecule has 1 atom stereocenters. The van der Waals surface area contributed by atoms with Crippen LogP contribution >= 0.6 is 0 Å². The van der Waals surface area contributed by atoms with E-state index in [4.69, 9.17) is 0 Å². The first kappa shape index (κ1) is 15.7. The number of rotatable bonds is 7. The van der Waals surface area contributed by atoms with Crippen molar-refractivity contribution in [3.8, 4) is 5.69 Å². The summed E-state index contributed by atoms with van der Waals surface area (Å²) in [6, 6.07) is 9.02. The Bertz CT molecular complexity index is 574. The molecule has 21 heavy (non-hydrogen) atoms. The summed E-state index contributed by atoms with van der Waals surface area (Å²) >= 11 is 0. The molecule has 114 valence electrons. The Morgan fingerprint density at radius 1 is 1.14 bits per heavy atom. The highest BCUT2D eigenvalue weighted by Gasteiger charge is 2.12. The Morgan fingerprint density at radius 2 is 1.95 bits per heavy atom. The van der Waals surface area contributed by atoms with Gasteiger partial charge in [-0.25, -0.2) is 9.67 Å². The summed E-state index contributed by atoms with van der Waals surface area (Å²) in [6.45, 7) is 9.55. The van der Waals surface area contributed by atoms with Gasteiger partial charge in [0.25, 0.3) is 0 Å². The largest absolute Gasteiger partial charge is 0.310 e. The Kier molecular flexibility index (Phi) is 5.51. The minimum Gasteiger partial charge on any atom is -0.310 e. The lowest BCUT2D eigenvalue weighted by atomic mass is 10.0. The molecule has 0 bridgehead atoms. The van der Waals surface area contributed by atoms with Gasteiger partial charge in [0.2, 0.25) is 0 Å². The topological polar surface area (TPSA) is 42.7 Å². The van der Waals surface area contributed by atoms with E-state index in [2.05, 4.69) is 67.4 Å². The molecule has 0 saturated heterocycles. The zero-order valence-electron chi connectivity index (χ0n) is 13.6. The van der Waals surface area contributed by atoms with E-state index in [1.54, 1.807) is 0 Å². The van der Waals surface area contributed by atoms with Crippen molar-refractivity contribution >= 4 is 0 Å². The summed E-state index contributed by atoms with van der Waals surface area (Å²) in [5, 5.41) is 8.15. The summed E-state index contributed by atoms with van der Waals surface area (Å²) in [5.41, 5.74) is 2.42. The number of hydrogen-bond donors (Lipinski definition) is 1. The second-order valence-electron chi connectivity index (χ2n) is 5.18. The predicted octanol–water partition coefficient (Wildman–Crippen LogP) is 3.45. The number of nitrogens with zero attached hydrogens (tertiary/aromatic N) is 3. The van der Waals surface area contributed by atoms with Gasteiger partial charge in [0.15, 0.2) is 5.82 Å². The molecule has 0 radical (unpaired) electrons. The molecule has 0 fully saturated rings. The molecule has 4 heteroatoms. The molecule has 1 heterocycles. The maximum absolute atomic E-state index is 4.63. The van der Waals surface area contributed by atoms with Crippen molar-refractivity contribution in [2.24, 2.45) is 0 Å². The maximum atomic E-state index is 4.63. The average molecular weight is 286 g/mol. The fraction of sp³-hybridized carbons (Fsp3) is 0.529. The van der Waals surface area contributed by atoms with Crippen LogP contribution in [0.3, 0.4) is 0 Å². The van der Waals surface area contributed by atoms with Crippen LogP contribution in [0.5, 0.6) is 0 Å². The first-order valence-corrected chi connectivity index (χ1v) is 8.01. The third kappa shape index (κ3) is 3.50. The van der Waals surface area contributed by atoms with Gasteiger partial charge in [0.1, 0.15) is 5.82 Å². The molecule has 0 amide bonds. The number of hydrogen-bond acceptors (Lipinski definition) is 3. The van der Waals surface area contributed by atoms with E-state index in [1.807, 2.05) is 4.68 Å². The first-order valence-electron chi connectivity index (χ1n) is 8.01. The van der Waals surface area contributed by atoms with E-state index in [1.165, 1.54) is 5.56 Å². The molecule has 0 aliphatic rings. The van der Waals surface area contributed by atoms with E-state index in [9.17, 15) is 0 Å². The highest BCUT2D eigenvalue weighted by molar-refractivity contribution is 5.37. The zero-order chi connectivity index (χ0) is 15.2. The third-order valence-electron chi connectivity index (χ3n) is 3.73. The minimum absolute atomic E-state index is 0.397. The van der Waals surface area contributed by atoms with Crippen LogP contribution in [0.1, 0.15) is 57.4 Å². The van der Waals surface area contributed by atoms with Gasteiger partial charge in [0, 0.05) is 18.9 Å². The van der Waals surface area contributed by atoms with E-state index >= 15 is 0 Å². The molecule has 4 nitrogen and oxygen atoms in total. The van der Waals surface area contributed by atoms with Crippen LogP contribution in [-0.4, -0.2) is 21.3 Å². The van der Waals surface area contributed by atoms with Gasteiger partial charge in [-0.1, -0.05) is 39.8 Å². The molecular formula is C17H26N4. The van der Waals surface area contributed by atoms with Crippen molar-refractivity contribution in [3.63, 3.8) is 0 Å². The molecule has 1 aromatic carbocycles. The number of aryl methyl sites for hydroxylation is 2. The van der Waals surface area contributed by atoms with Crippen molar-refractivity contribution < 1.29 is 0 Å². The molecule has 0 spiro atoms. The van der Waals surface area contributed by atoms with E-state index in [0.717, 1.165) is 43.1 Å². The number of aromatic nitrogens is 3. The molecule has 1 unspecified atom stereocenters. The molecule has 0 aliphatic carbocycles. The van der Waals surface area contributed by atoms with Crippen LogP contribution in [0.4, 0.5) is 0 Å². The third-order valence-corrected chi connectivity index (χ3v) is 3.73. The summed E-state index contributed by atoms with van der Waals surface area (Å²) < 4.78 is 1.99. The summed E-state index contributed by atoms with van der Waals surface area (Å²) in [7, 11) is 0. The summed E-state index contributed by atoms with van der Waals surface area (Å²) in [5.74, 6) is 1.94. The Morgan fingerprint density at radius 3 is 2.57 bits per heavy atom. The Labute approximate surface area is 127 Å². The average Bonchev–Trinajstić information content (AvgIpc) is 2.96. The maximum Gasteiger partial charge on any atom is 0.151 e. The first-order chi connectivity index (χ1) is 10.2. The van der Waals surface area contributed by atoms with Crippen LogP contribution in [0.15, 0.2) is 24.3 Å². The van der Waals surface area contributed by atoms with E-state index in [-0.39, 0.29) is 0 Å². The van der Waals surface area contributed by atoms with Crippen LogP contribution in [0.2, 0.25) is 0 Å². The number of benzene rings is 1. The van der Waals surface area contributed by atoms with Gasteiger partial charge in [-0.3, -0.25) is 0 Å². The normalized spacial score (nSPS) is 12.6. The standard InChI is InChI=1S/C17H26N4/c1-5-15(18-8-4)13-10-9-11-14(12-13)21-17(7-3)19-16(6-2)20-21/h9-12,15,18H,5-8H2,1-4H3. The van der Waals surface area contributed by atoms with Gasteiger partial charge in [0.05, 0.1) is 5.69 Å².